The summed E-state index contributed by atoms with van der Waals surface area (Å²) in [7, 11) is 0. The second kappa shape index (κ2) is 10.9. The molecule has 0 saturated heterocycles. The van der Waals surface area contributed by atoms with Crippen LogP contribution in [-0.2, 0) is 4.74 Å². The van der Waals surface area contributed by atoms with Crippen LogP contribution < -0.4 is 9.64 Å². The summed E-state index contributed by atoms with van der Waals surface area (Å²) in [6.45, 7) is 3.23. The average Bonchev–Trinajstić information content (AvgIpc) is 3.22. The van der Waals surface area contributed by atoms with E-state index in [1.54, 1.807) is 24.3 Å². The predicted molar refractivity (Wildman–Crippen MR) is 148 cm³/mol. The molecular formula is C31H22N2O8. The number of nitro groups is 1. The van der Waals surface area contributed by atoms with E-state index in [0.29, 0.717) is 17.2 Å². The number of fused-ring (bicyclic) bond motifs is 1. The number of nitro benzene ring substituents is 1. The Morgan fingerprint density at radius 2 is 1.56 bits per heavy atom. The zero-order chi connectivity index (χ0) is 29.3. The Morgan fingerprint density at radius 3 is 2.29 bits per heavy atom. The minimum atomic E-state index is -0.891. The normalized spacial score (nSPS) is 12.2. The number of nitrogens with zero attached hydrogens (tertiary/aromatic N) is 2. The largest absolute Gasteiger partial charge is 0.457 e. The number of carbonyl (C=O) groups is 4. The van der Waals surface area contributed by atoms with E-state index < -0.39 is 35.1 Å². The minimum absolute atomic E-state index is 0.0165. The van der Waals surface area contributed by atoms with Crippen molar-refractivity contribution in [1.82, 2.24) is 0 Å². The fourth-order valence-electron chi connectivity index (χ4n) is 4.30. The summed E-state index contributed by atoms with van der Waals surface area (Å²) >= 11 is 0. The zero-order valence-electron chi connectivity index (χ0n) is 22.0. The Hall–Kier alpha value is -5.64. The SMILES string of the molecule is Cc1ccc(C)c(Oc2ccc(N3C(=O)c4ccc(C(=O)OCC(=O)c5cccc([N+](=O)[O-])c5)cc4C3=O)cc2)c1. The monoisotopic (exact) mass is 550 g/mol. The second-order valence-electron chi connectivity index (χ2n) is 9.38. The standard InChI is InChI=1S/C31H22N2O8/c1-18-6-7-19(2)28(14-18)41-24-11-9-22(10-12-24)32-29(35)25-13-8-21(16-26(25)30(32)36)31(37)40-17-27(34)20-4-3-5-23(15-20)33(38)39/h3-16H,17H2,1-2H3. The van der Waals surface area contributed by atoms with Gasteiger partial charge in [0.1, 0.15) is 11.5 Å². The first-order valence-electron chi connectivity index (χ1n) is 12.4. The minimum Gasteiger partial charge on any atom is -0.457 e. The summed E-state index contributed by atoms with van der Waals surface area (Å²) in [5, 5.41) is 10.9. The summed E-state index contributed by atoms with van der Waals surface area (Å²) in [6, 6.07) is 21.3. The number of benzene rings is 4. The highest BCUT2D eigenvalue weighted by molar-refractivity contribution is 6.34. The fourth-order valence-corrected chi connectivity index (χ4v) is 4.30. The molecule has 5 rings (SSSR count). The lowest BCUT2D eigenvalue weighted by atomic mass is 10.1. The first kappa shape index (κ1) is 26.9. The number of imide groups is 1. The molecule has 0 N–H and O–H groups in total. The lowest BCUT2D eigenvalue weighted by molar-refractivity contribution is -0.384. The van der Waals surface area contributed by atoms with Crippen molar-refractivity contribution in [3.63, 3.8) is 0 Å². The Morgan fingerprint density at radius 1 is 0.829 bits per heavy atom. The molecule has 0 atom stereocenters. The molecule has 10 nitrogen and oxygen atoms in total. The second-order valence-corrected chi connectivity index (χ2v) is 9.38. The fraction of sp³-hybridized carbons (Fsp3) is 0.0968. The first-order valence-corrected chi connectivity index (χ1v) is 12.4. The van der Waals surface area contributed by atoms with Crippen LogP contribution in [0.4, 0.5) is 11.4 Å². The molecule has 0 fully saturated rings. The first-order chi connectivity index (χ1) is 19.6. The van der Waals surface area contributed by atoms with E-state index >= 15 is 0 Å². The Kier molecular flexibility index (Phi) is 7.13. The topological polar surface area (TPSA) is 133 Å². The third kappa shape index (κ3) is 5.44. The molecule has 0 bridgehead atoms. The highest BCUT2D eigenvalue weighted by Gasteiger charge is 2.37. The number of hydrogen-bond donors (Lipinski definition) is 0. The van der Waals surface area contributed by atoms with Gasteiger partial charge in [-0.3, -0.25) is 24.5 Å². The molecule has 10 heteroatoms. The smallest absolute Gasteiger partial charge is 0.338 e. The highest BCUT2D eigenvalue weighted by Crippen LogP contribution is 2.32. The average molecular weight is 551 g/mol. The van der Waals surface area contributed by atoms with Gasteiger partial charge in [-0.1, -0.05) is 24.3 Å². The number of anilines is 1. The Balaban J connectivity index is 1.28. The van der Waals surface area contributed by atoms with Gasteiger partial charge < -0.3 is 9.47 Å². The zero-order valence-corrected chi connectivity index (χ0v) is 22.0. The van der Waals surface area contributed by atoms with Gasteiger partial charge in [0, 0.05) is 17.7 Å². The van der Waals surface area contributed by atoms with Crippen molar-refractivity contribution >= 4 is 34.9 Å². The number of carbonyl (C=O) groups excluding carboxylic acids is 4. The highest BCUT2D eigenvalue weighted by atomic mass is 16.6. The van der Waals surface area contributed by atoms with Gasteiger partial charge in [-0.05, 0) is 73.5 Å². The van der Waals surface area contributed by atoms with E-state index in [4.69, 9.17) is 9.47 Å². The maximum atomic E-state index is 13.2. The van der Waals surface area contributed by atoms with E-state index in [2.05, 4.69) is 0 Å². The molecule has 1 aliphatic heterocycles. The number of aryl methyl sites for hydroxylation is 2. The van der Waals surface area contributed by atoms with Crippen LogP contribution in [0.15, 0.2) is 84.9 Å². The summed E-state index contributed by atoms with van der Waals surface area (Å²) in [5.74, 6) is -1.46. The van der Waals surface area contributed by atoms with Crippen LogP contribution in [0.2, 0.25) is 0 Å². The number of amides is 2. The number of ketones is 1. The van der Waals surface area contributed by atoms with E-state index in [1.165, 1.54) is 36.4 Å². The molecule has 0 saturated carbocycles. The molecule has 0 radical (unpaired) electrons. The summed E-state index contributed by atoms with van der Waals surface area (Å²) in [4.78, 5) is 62.6. The van der Waals surface area contributed by atoms with Gasteiger partial charge in [0.2, 0.25) is 5.78 Å². The molecule has 0 aromatic heterocycles. The third-order valence-electron chi connectivity index (χ3n) is 6.50. The molecule has 0 aliphatic carbocycles. The van der Waals surface area contributed by atoms with Crippen LogP contribution in [0.5, 0.6) is 11.5 Å². The number of hydrogen-bond acceptors (Lipinski definition) is 8. The molecule has 1 aliphatic rings. The predicted octanol–water partition coefficient (Wildman–Crippen LogP) is 5.84. The van der Waals surface area contributed by atoms with Crippen LogP contribution >= 0.6 is 0 Å². The van der Waals surface area contributed by atoms with Crippen molar-refractivity contribution in [3.05, 3.63) is 128 Å². The van der Waals surface area contributed by atoms with Crippen molar-refractivity contribution in [3.8, 4) is 11.5 Å². The van der Waals surface area contributed by atoms with Crippen LogP contribution in [0, 0.1) is 24.0 Å². The van der Waals surface area contributed by atoms with Crippen LogP contribution in [0.1, 0.15) is 52.6 Å². The van der Waals surface area contributed by atoms with Crippen molar-refractivity contribution < 1.29 is 33.6 Å². The van der Waals surface area contributed by atoms with Gasteiger partial charge >= 0.3 is 5.97 Å². The summed E-state index contributed by atoms with van der Waals surface area (Å²) < 4.78 is 11.0. The molecule has 2 amide bonds. The molecule has 0 unspecified atom stereocenters. The maximum absolute atomic E-state index is 13.2. The third-order valence-corrected chi connectivity index (χ3v) is 6.50. The van der Waals surface area contributed by atoms with Gasteiger partial charge in [0.25, 0.3) is 17.5 Å². The number of esters is 1. The van der Waals surface area contributed by atoms with Crippen LogP contribution in [0.3, 0.4) is 0 Å². The van der Waals surface area contributed by atoms with E-state index in [9.17, 15) is 29.3 Å². The van der Waals surface area contributed by atoms with Crippen LogP contribution in [0.25, 0.3) is 0 Å². The lowest BCUT2D eigenvalue weighted by Crippen LogP contribution is -2.29. The lowest BCUT2D eigenvalue weighted by Gasteiger charge is -2.15. The number of ether oxygens (including phenoxy) is 2. The molecule has 4 aromatic carbocycles. The molecule has 1 heterocycles. The Labute approximate surface area is 233 Å². The van der Waals surface area contributed by atoms with Crippen molar-refractivity contribution in [2.75, 3.05) is 11.5 Å². The van der Waals surface area contributed by atoms with Gasteiger partial charge in [0.15, 0.2) is 6.61 Å². The van der Waals surface area contributed by atoms with Gasteiger partial charge in [0.05, 0.1) is 27.3 Å². The molecule has 0 spiro atoms. The van der Waals surface area contributed by atoms with E-state index in [1.807, 2.05) is 32.0 Å². The summed E-state index contributed by atoms with van der Waals surface area (Å²) in [5.41, 5.74) is 2.19. The van der Waals surface area contributed by atoms with Crippen molar-refractivity contribution in [2.24, 2.45) is 0 Å². The van der Waals surface area contributed by atoms with E-state index in [-0.39, 0.29) is 27.9 Å². The van der Waals surface area contributed by atoms with Gasteiger partial charge in [-0.25, -0.2) is 9.69 Å². The van der Waals surface area contributed by atoms with Gasteiger partial charge in [-0.15, -0.1) is 0 Å². The molecule has 204 valence electrons. The Bertz CT molecular complexity index is 1740. The summed E-state index contributed by atoms with van der Waals surface area (Å²) in [6.07, 6.45) is 0. The van der Waals surface area contributed by atoms with Gasteiger partial charge in [-0.2, -0.15) is 0 Å². The number of Topliss-reactive ketones (excluding diaryl/α,β-unsaturated/α-hetero) is 1. The van der Waals surface area contributed by atoms with Crippen molar-refractivity contribution in [1.29, 1.82) is 0 Å². The van der Waals surface area contributed by atoms with Crippen LogP contribution in [-0.4, -0.2) is 35.1 Å². The number of rotatable bonds is 8. The van der Waals surface area contributed by atoms with E-state index in [0.717, 1.165) is 22.1 Å². The molecule has 41 heavy (non-hydrogen) atoms. The molecule has 4 aromatic rings. The molecular weight excluding hydrogens is 528 g/mol. The van der Waals surface area contributed by atoms with Crippen molar-refractivity contribution in [2.45, 2.75) is 13.8 Å². The quantitative estimate of drug-likeness (QED) is 0.0878. The maximum Gasteiger partial charge on any atom is 0.338 e. The number of non-ortho nitro benzene ring substituents is 1.